The van der Waals surface area contributed by atoms with Crippen molar-refractivity contribution in [3.05, 3.63) is 21.4 Å². The highest BCUT2D eigenvalue weighted by Gasteiger charge is 2.27. The van der Waals surface area contributed by atoms with Gasteiger partial charge in [0, 0.05) is 21.2 Å². The lowest BCUT2D eigenvalue weighted by Gasteiger charge is -2.23. The first-order valence-corrected chi connectivity index (χ1v) is 5.61. The fraction of sp³-hybridized carbons (Fsp3) is 0.545. The molecule has 1 saturated carbocycles. The molecule has 1 fully saturated rings. The van der Waals surface area contributed by atoms with E-state index in [9.17, 15) is 4.79 Å². The van der Waals surface area contributed by atoms with E-state index in [2.05, 4.69) is 6.92 Å². The monoisotopic (exact) mass is 194 g/mol. The highest BCUT2D eigenvalue weighted by Crippen LogP contribution is 2.32. The second-order valence-electron chi connectivity index (χ2n) is 3.82. The summed E-state index contributed by atoms with van der Waals surface area (Å²) in [4.78, 5) is 14.3. The fourth-order valence-electron chi connectivity index (χ4n) is 1.77. The van der Waals surface area contributed by atoms with Crippen molar-refractivity contribution in [3.63, 3.8) is 0 Å². The van der Waals surface area contributed by atoms with Crippen LogP contribution in [0.25, 0.3) is 0 Å². The molecule has 70 valence electrons. The molecular weight excluding hydrogens is 180 g/mol. The molecule has 1 aliphatic rings. The van der Waals surface area contributed by atoms with E-state index < -0.39 is 0 Å². The first-order valence-electron chi connectivity index (χ1n) is 4.79. The first kappa shape index (κ1) is 8.95. The number of hydrogen-bond donors (Lipinski definition) is 0. The summed E-state index contributed by atoms with van der Waals surface area (Å²) in [5.74, 6) is 0.723. The number of rotatable bonds is 2. The number of thiophene rings is 1. The smallest absolute Gasteiger partial charge is 0.167 e. The Morgan fingerprint density at radius 1 is 1.46 bits per heavy atom. The van der Waals surface area contributed by atoms with Crippen LogP contribution in [-0.4, -0.2) is 5.78 Å². The number of aryl methyl sites for hydroxylation is 2. The second-order valence-corrected chi connectivity index (χ2v) is 5.28. The van der Waals surface area contributed by atoms with E-state index in [1.54, 1.807) is 11.3 Å². The van der Waals surface area contributed by atoms with Gasteiger partial charge >= 0.3 is 0 Å². The lowest BCUT2D eigenvalue weighted by atomic mass is 9.80. The third kappa shape index (κ3) is 1.55. The molecule has 13 heavy (non-hydrogen) atoms. The summed E-state index contributed by atoms with van der Waals surface area (Å²) >= 11 is 1.73. The van der Waals surface area contributed by atoms with Crippen LogP contribution in [-0.2, 0) is 0 Å². The minimum Gasteiger partial charge on any atom is -0.294 e. The van der Waals surface area contributed by atoms with Gasteiger partial charge in [0.15, 0.2) is 5.78 Å². The molecule has 0 unspecified atom stereocenters. The van der Waals surface area contributed by atoms with Gasteiger partial charge in [-0.3, -0.25) is 4.79 Å². The van der Waals surface area contributed by atoms with Crippen LogP contribution in [0.15, 0.2) is 6.07 Å². The van der Waals surface area contributed by atoms with Crippen molar-refractivity contribution >= 4 is 17.1 Å². The van der Waals surface area contributed by atoms with Crippen molar-refractivity contribution in [3.8, 4) is 0 Å². The number of carbonyl (C=O) groups excluding carboxylic acids is 1. The summed E-state index contributed by atoms with van der Waals surface area (Å²) in [6, 6.07) is 2.04. The van der Waals surface area contributed by atoms with Gasteiger partial charge in [0.1, 0.15) is 0 Å². The van der Waals surface area contributed by atoms with Gasteiger partial charge < -0.3 is 0 Å². The summed E-state index contributed by atoms with van der Waals surface area (Å²) < 4.78 is 0. The van der Waals surface area contributed by atoms with E-state index >= 15 is 0 Å². The zero-order valence-electron chi connectivity index (χ0n) is 8.09. The minimum atomic E-state index is 0.340. The minimum absolute atomic E-state index is 0.340. The van der Waals surface area contributed by atoms with Crippen LogP contribution >= 0.6 is 11.3 Å². The third-order valence-corrected chi connectivity index (χ3v) is 3.75. The molecule has 0 amide bonds. The van der Waals surface area contributed by atoms with Crippen LogP contribution in [0.4, 0.5) is 0 Å². The number of Topliss-reactive ketones (excluding diaryl/α,β-unsaturated/α-hetero) is 1. The van der Waals surface area contributed by atoms with Gasteiger partial charge in [0.25, 0.3) is 0 Å². The Morgan fingerprint density at radius 3 is 2.54 bits per heavy atom. The van der Waals surface area contributed by atoms with Gasteiger partial charge in [-0.05, 0) is 32.8 Å². The van der Waals surface area contributed by atoms with Gasteiger partial charge in [-0.25, -0.2) is 0 Å². The summed E-state index contributed by atoms with van der Waals surface area (Å²) in [5.41, 5.74) is 0.979. The van der Waals surface area contributed by atoms with Crippen LogP contribution in [0.5, 0.6) is 0 Å². The largest absolute Gasteiger partial charge is 0.294 e. The van der Waals surface area contributed by atoms with E-state index in [1.807, 2.05) is 13.0 Å². The average molecular weight is 194 g/mol. The van der Waals surface area contributed by atoms with Crippen LogP contribution in [0.3, 0.4) is 0 Å². The summed E-state index contributed by atoms with van der Waals surface area (Å²) in [5, 5.41) is 0. The zero-order chi connectivity index (χ0) is 9.42. The Kier molecular flexibility index (Phi) is 2.24. The van der Waals surface area contributed by atoms with Gasteiger partial charge in [-0.2, -0.15) is 0 Å². The maximum Gasteiger partial charge on any atom is 0.167 e. The van der Waals surface area contributed by atoms with E-state index in [0.29, 0.717) is 11.7 Å². The molecule has 0 atom stereocenters. The second kappa shape index (κ2) is 3.26. The normalized spacial score (nSPS) is 17.1. The van der Waals surface area contributed by atoms with Crippen LogP contribution < -0.4 is 0 Å². The summed E-state index contributed by atoms with van der Waals surface area (Å²) in [6.07, 6.45) is 3.44. The number of carbonyl (C=O) groups is 1. The van der Waals surface area contributed by atoms with Gasteiger partial charge in [0.2, 0.25) is 0 Å². The van der Waals surface area contributed by atoms with Crippen molar-refractivity contribution in [1.29, 1.82) is 0 Å². The molecule has 0 aliphatic heterocycles. The van der Waals surface area contributed by atoms with E-state index in [0.717, 1.165) is 18.4 Å². The quantitative estimate of drug-likeness (QED) is 0.660. The predicted octanol–water partition coefficient (Wildman–Crippen LogP) is 3.35. The van der Waals surface area contributed by atoms with E-state index in [4.69, 9.17) is 0 Å². The molecule has 1 nitrogen and oxygen atoms in total. The van der Waals surface area contributed by atoms with Crippen molar-refractivity contribution in [1.82, 2.24) is 0 Å². The summed E-state index contributed by atoms with van der Waals surface area (Å²) in [6.45, 7) is 4.11. The molecule has 0 N–H and O–H groups in total. The molecule has 1 aromatic heterocycles. The molecule has 0 saturated heterocycles. The number of hydrogen-bond acceptors (Lipinski definition) is 2. The zero-order valence-corrected chi connectivity index (χ0v) is 8.91. The van der Waals surface area contributed by atoms with Crippen molar-refractivity contribution in [2.24, 2.45) is 5.92 Å². The van der Waals surface area contributed by atoms with E-state index in [-0.39, 0.29) is 0 Å². The first-order chi connectivity index (χ1) is 6.18. The third-order valence-electron chi connectivity index (χ3n) is 2.78. The lowest BCUT2D eigenvalue weighted by molar-refractivity contribution is 0.0855. The van der Waals surface area contributed by atoms with Crippen LogP contribution in [0, 0.1) is 19.8 Å². The van der Waals surface area contributed by atoms with Crippen LogP contribution in [0.2, 0.25) is 0 Å². The van der Waals surface area contributed by atoms with Crippen molar-refractivity contribution < 1.29 is 4.79 Å². The Morgan fingerprint density at radius 2 is 2.15 bits per heavy atom. The molecule has 0 spiro atoms. The Hall–Kier alpha value is -0.630. The molecule has 2 heteroatoms. The Balaban J connectivity index is 2.23. The van der Waals surface area contributed by atoms with Gasteiger partial charge in [0.05, 0.1) is 0 Å². The molecule has 0 bridgehead atoms. The van der Waals surface area contributed by atoms with Crippen LogP contribution in [0.1, 0.15) is 39.4 Å². The lowest BCUT2D eigenvalue weighted by Crippen LogP contribution is -2.21. The van der Waals surface area contributed by atoms with Gasteiger partial charge in [-0.15, -0.1) is 11.3 Å². The van der Waals surface area contributed by atoms with E-state index in [1.165, 1.54) is 16.2 Å². The topological polar surface area (TPSA) is 17.1 Å². The molecule has 0 radical (unpaired) electrons. The fourth-order valence-corrected chi connectivity index (χ4v) is 2.70. The van der Waals surface area contributed by atoms with Crippen molar-refractivity contribution in [2.45, 2.75) is 33.1 Å². The number of ketones is 1. The summed E-state index contributed by atoms with van der Waals surface area (Å²) in [7, 11) is 0. The Labute approximate surface area is 82.8 Å². The maximum atomic E-state index is 11.9. The molecule has 1 heterocycles. The van der Waals surface area contributed by atoms with Gasteiger partial charge in [-0.1, -0.05) is 6.42 Å². The molecule has 1 aliphatic carbocycles. The highest BCUT2D eigenvalue weighted by atomic mass is 32.1. The molecular formula is C11H14OS. The molecule has 2 rings (SSSR count). The Bertz CT molecular complexity index is 334. The SMILES string of the molecule is Cc1cc(C(=O)C2CCC2)c(C)s1. The standard InChI is InChI=1S/C11H14OS/c1-7-6-10(8(2)13-7)11(12)9-4-3-5-9/h6,9H,3-5H2,1-2H3. The maximum absolute atomic E-state index is 11.9. The molecule has 0 aromatic carbocycles. The highest BCUT2D eigenvalue weighted by molar-refractivity contribution is 7.12. The van der Waals surface area contributed by atoms with Crippen molar-refractivity contribution in [2.75, 3.05) is 0 Å². The predicted molar refractivity (Wildman–Crippen MR) is 55.5 cm³/mol. The average Bonchev–Trinajstić information content (AvgIpc) is 2.26. The molecule has 1 aromatic rings.